The highest BCUT2D eigenvalue weighted by molar-refractivity contribution is 7.99. The molecule has 2 aromatic heterocycles. The van der Waals surface area contributed by atoms with Gasteiger partial charge in [0, 0.05) is 5.69 Å². The first-order valence-electron chi connectivity index (χ1n) is 6.52. The molecular weight excluding hydrogens is 284 g/mol. The summed E-state index contributed by atoms with van der Waals surface area (Å²) in [6.45, 7) is 1.89. The first kappa shape index (κ1) is 13.6. The lowest BCUT2D eigenvalue weighted by molar-refractivity contribution is -0.113. The monoisotopic (exact) mass is 298 g/mol. The summed E-state index contributed by atoms with van der Waals surface area (Å²) < 4.78 is 0. The molecule has 0 atom stereocenters. The van der Waals surface area contributed by atoms with E-state index in [1.807, 2.05) is 43.3 Å². The van der Waals surface area contributed by atoms with Crippen LogP contribution in [0.5, 0.6) is 0 Å². The number of hydrogen-bond donors (Lipinski definition) is 2. The van der Waals surface area contributed by atoms with E-state index in [1.165, 1.54) is 11.8 Å². The number of benzene rings is 1. The van der Waals surface area contributed by atoms with Crippen LogP contribution in [-0.4, -0.2) is 26.6 Å². The Morgan fingerprint density at radius 2 is 2.05 bits per heavy atom. The number of fused-ring (bicyclic) bond motifs is 1. The molecule has 5 nitrogen and oxygen atoms in total. The van der Waals surface area contributed by atoms with Gasteiger partial charge in [0.15, 0.2) is 5.16 Å². The van der Waals surface area contributed by atoms with E-state index in [9.17, 15) is 4.79 Å². The number of pyridine rings is 1. The van der Waals surface area contributed by atoms with Gasteiger partial charge in [-0.1, -0.05) is 30.0 Å². The molecule has 0 aliphatic carbocycles. The third-order valence-corrected chi connectivity index (χ3v) is 3.74. The van der Waals surface area contributed by atoms with Crippen molar-refractivity contribution in [2.75, 3.05) is 11.1 Å². The predicted molar refractivity (Wildman–Crippen MR) is 84.4 cm³/mol. The third-order valence-electron chi connectivity index (χ3n) is 2.86. The van der Waals surface area contributed by atoms with E-state index in [-0.39, 0.29) is 11.7 Å². The van der Waals surface area contributed by atoms with Crippen LogP contribution >= 0.6 is 11.8 Å². The summed E-state index contributed by atoms with van der Waals surface area (Å²) in [6, 6.07) is 13.3. The number of hydrogen-bond acceptors (Lipinski definition) is 4. The largest absolute Gasteiger partial charge is 0.333 e. The Labute approximate surface area is 126 Å². The molecule has 0 unspecified atom stereocenters. The molecule has 3 rings (SSSR count). The maximum atomic E-state index is 11.9. The highest BCUT2D eigenvalue weighted by Gasteiger charge is 2.07. The standard InChI is InChI=1S/C15H14N4OS/c1-10-5-4-8-13(16-10)19-14(20)9-21-15-17-11-6-2-3-7-12(11)18-15/h2-8H,9H2,1H3,(H,17,18)(H,16,19,20). The van der Waals surface area contributed by atoms with Crippen LogP contribution in [0.15, 0.2) is 47.6 Å². The number of carbonyl (C=O) groups is 1. The molecule has 1 amide bonds. The Balaban J connectivity index is 1.60. The first-order valence-corrected chi connectivity index (χ1v) is 7.50. The summed E-state index contributed by atoms with van der Waals surface area (Å²) >= 11 is 1.37. The second kappa shape index (κ2) is 5.97. The fourth-order valence-electron chi connectivity index (χ4n) is 1.92. The molecule has 0 aliphatic rings. The Morgan fingerprint density at radius 1 is 1.19 bits per heavy atom. The number of aromatic amines is 1. The Bertz CT molecular complexity index is 751. The highest BCUT2D eigenvalue weighted by Crippen LogP contribution is 2.19. The van der Waals surface area contributed by atoms with Gasteiger partial charge in [-0.25, -0.2) is 9.97 Å². The van der Waals surface area contributed by atoms with Gasteiger partial charge in [0.05, 0.1) is 16.8 Å². The molecule has 106 valence electrons. The fourth-order valence-corrected chi connectivity index (χ4v) is 2.61. The molecule has 3 aromatic rings. The SMILES string of the molecule is Cc1cccc(NC(=O)CSc2nc3ccccc3[nH]2)n1. The van der Waals surface area contributed by atoms with Crippen molar-refractivity contribution in [3.05, 3.63) is 48.2 Å². The molecule has 21 heavy (non-hydrogen) atoms. The summed E-state index contributed by atoms with van der Waals surface area (Å²) in [4.78, 5) is 23.7. The minimum Gasteiger partial charge on any atom is -0.333 e. The lowest BCUT2D eigenvalue weighted by Crippen LogP contribution is -2.15. The van der Waals surface area contributed by atoms with Crippen LogP contribution in [-0.2, 0) is 4.79 Å². The van der Waals surface area contributed by atoms with Crippen molar-refractivity contribution < 1.29 is 4.79 Å². The molecule has 0 saturated carbocycles. The van der Waals surface area contributed by atoms with Crippen molar-refractivity contribution in [1.82, 2.24) is 15.0 Å². The maximum absolute atomic E-state index is 11.9. The zero-order valence-electron chi connectivity index (χ0n) is 11.5. The van der Waals surface area contributed by atoms with Crippen molar-refractivity contribution in [2.24, 2.45) is 0 Å². The summed E-state index contributed by atoms with van der Waals surface area (Å²) in [5.41, 5.74) is 2.75. The number of aryl methyl sites for hydroxylation is 1. The molecule has 0 aliphatic heterocycles. The molecule has 0 bridgehead atoms. The molecular formula is C15H14N4OS. The van der Waals surface area contributed by atoms with Gasteiger partial charge in [0.1, 0.15) is 5.82 Å². The lowest BCUT2D eigenvalue weighted by atomic mass is 10.3. The number of thioether (sulfide) groups is 1. The van der Waals surface area contributed by atoms with Gasteiger partial charge in [-0.3, -0.25) is 4.79 Å². The van der Waals surface area contributed by atoms with Gasteiger partial charge >= 0.3 is 0 Å². The number of H-pyrrole nitrogens is 1. The van der Waals surface area contributed by atoms with Crippen molar-refractivity contribution in [3.8, 4) is 0 Å². The molecule has 2 N–H and O–H groups in total. The molecule has 0 radical (unpaired) electrons. The number of carbonyl (C=O) groups excluding carboxylic acids is 1. The Hall–Kier alpha value is -2.34. The number of rotatable bonds is 4. The van der Waals surface area contributed by atoms with Gasteiger partial charge < -0.3 is 10.3 Å². The van der Waals surface area contributed by atoms with Crippen LogP contribution in [0, 0.1) is 6.92 Å². The Kier molecular flexibility index (Phi) is 3.87. The van der Waals surface area contributed by atoms with Crippen molar-refractivity contribution >= 4 is 34.5 Å². The number of nitrogens with one attached hydrogen (secondary N) is 2. The second-order valence-corrected chi connectivity index (χ2v) is 5.52. The van der Waals surface area contributed by atoms with Crippen molar-refractivity contribution in [1.29, 1.82) is 0 Å². The predicted octanol–water partition coefficient (Wildman–Crippen LogP) is 3.00. The minimum absolute atomic E-state index is 0.0986. The highest BCUT2D eigenvalue weighted by atomic mass is 32.2. The van der Waals surface area contributed by atoms with Crippen LogP contribution in [0.2, 0.25) is 0 Å². The van der Waals surface area contributed by atoms with E-state index >= 15 is 0 Å². The van der Waals surface area contributed by atoms with Crippen LogP contribution < -0.4 is 5.32 Å². The van der Waals surface area contributed by atoms with Crippen LogP contribution in [0.1, 0.15) is 5.69 Å². The maximum Gasteiger partial charge on any atom is 0.236 e. The van der Waals surface area contributed by atoms with Gasteiger partial charge in [0.25, 0.3) is 0 Å². The van der Waals surface area contributed by atoms with E-state index < -0.39 is 0 Å². The average Bonchev–Trinajstić information content (AvgIpc) is 2.88. The van der Waals surface area contributed by atoms with E-state index in [4.69, 9.17) is 0 Å². The smallest absolute Gasteiger partial charge is 0.236 e. The summed E-state index contributed by atoms with van der Waals surface area (Å²) in [5, 5.41) is 3.51. The number of anilines is 1. The van der Waals surface area contributed by atoms with Gasteiger partial charge in [0.2, 0.25) is 5.91 Å². The van der Waals surface area contributed by atoms with Crippen molar-refractivity contribution in [3.63, 3.8) is 0 Å². The summed E-state index contributed by atoms with van der Waals surface area (Å²) in [5.74, 6) is 0.763. The Morgan fingerprint density at radius 3 is 2.86 bits per heavy atom. The summed E-state index contributed by atoms with van der Waals surface area (Å²) in [7, 11) is 0. The van der Waals surface area contributed by atoms with Gasteiger partial charge in [-0.15, -0.1) is 0 Å². The molecule has 1 aromatic carbocycles. The number of para-hydroxylation sites is 2. The molecule has 0 saturated heterocycles. The van der Waals surface area contributed by atoms with E-state index in [0.29, 0.717) is 5.82 Å². The van der Waals surface area contributed by atoms with Crippen LogP contribution in [0.3, 0.4) is 0 Å². The molecule has 2 heterocycles. The van der Waals surface area contributed by atoms with Crippen LogP contribution in [0.4, 0.5) is 5.82 Å². The second-order valence-electron chi connectivity index (χ2n) is 4.56. The summed E-state index contributed by atoms with van der Waals surface area (Å²) in [6.07, 6.45) is 0. The zero-order chi connectivity index (χ0) is 14.7. The lowest BCUT2D eigenvalue weighted by Gasteiger charge is -2.03. The first-order chi connectivity index (χ1) is 10.2. The average molecular weight is 298 g/mol. The van der Waals surface area contributed by atoms with E-state index in [1.54, 1.807) is 6.07 Å². The normalized spacial score (nSPS) is 10.7. The fraction of sp³-hybridized carbons (Fsp3) is 0.133. The van der Waals surface area contributed by atoms with Gasteiger partial charge in [-0.05, 0) is 31.2 Å². The van der Waals surface area contributed by atoms with Gasteiger partial charge in [-0.2, -0.15) is 0 Å². The molecule has 0 fully saturated rings. The van der Waals surface area contributed by atoms with E-state index in [0.717, 1.165) is 21.9 Å². The topological polar surface area (TPSA) is 70.7 Å². The quantitative estimate of drug-likeness (QED) is 0.726. The third kappa shape index (κ3) is 3.41. The number of amides is 1. The van der Waals surface area contributed by atoms with Crippen molar-refractivity contribution in [2.45, 2.75) is 12.1 Å². The van der Waals surface area contributed by atoms with E-state index in [2.05, 4.69) is 20.3 Å². The minimum atomic E-state index is -0.0986. The number of aromatic nitrogens is 3. The zero-order valence-corrected chi connectivity index (χ0v) is 12.3. The molecule has 6 heteroatoms. The van der Waals surface area contributed by atoms with Crippen LogP contribution in [0.25, 0.3) is 11.0 Å². The number of nitrogens with zero attached hydrogens (tertiary/aromatic N) is 2. The molecule has 0 spiro atoms. The number of imidazole rings is 1.